The van der Waals surface area contributed by atoms with Crippen molar-refractivity contribution in [2.75, 3.05) is 44.7 Å². The largest absolute Gasteiger partial charge is 0.497 e. The van der Waals surface area contributed by atoms with E-state index in [-0.39, 0.29) is 18.2 Å². The lowest BCUT2D eigenvalue weighted by molar-refractivity contribution is -0.120. The fourth-order valence-corrected chi connectivity index (χ4v) is 6.17. The number of benzene rings is 2. The molecule has 0 bridgehead atoms. The molecule has 1 aliphatic heterocycles. The zero-order valence-electron chi connectivity index (χ0n) is 19.2. The van der Waals surface area contributed by atoms with E-state index >= 15 is 0 Å². The molecule has 0 N–H and O–H groups in total. The number of hydrogen-bond acceptors (Lipinski definition) is 6. The van der Waals surface area contributed by atoms with Gasteiger partial charge in [-0.25, -0.2) is 8.42 Å². The first-order chi connectivity index (χ1) is 16.4. The van der Waals surface area contributed by atoms with Crippen molar-refractivity contribution in [3.05, 3.63) is 82.6 Å². The van der Waals surface area contributed by atoms with Gasteiger partial charge >= 0.3 is 0 Å². The lowest BCUT2D eigenvalue weighted by atomic mass is 10.2. The predicted molar refractivity (Wildman–Crippen MR) is 136 cm³/mol. The Bertz CT molecular complexity index is 1160. The standard InChI is InChI=1S/C25H29N3O4S2/c1-32-23-11-9-22(10-12-23)28(18-24-8-5-17-33-24)25(29)19-26-13-15-27(16-14-26)34(30,31)20-21-6-3-2-4-7-21/h2-12,17H,13-16,18-20H2,1H3. The van der Waals surface area contributed by atoms with Gasteiger partial charge in [0.1, 0.15) is 5.75 Å². The van der Waals surface area contributed by atoms with Crippen LogP contribution >= 0.6 is 11.3 Å². The van der Waals surface area contributed by atoms with Gasteiger partial charge in [-0.05, 0) is 41.3 Å². The molecule has 0 spiro atoms. The lowest BCUT2D eigenvalue weighted by Gasteiger charge is -2.34. The Balaban J connectivity index is 1.38. The number of rotatable bonds is 9. The number of methoxy groups -OCH3 is 1. The summed E-state index contributed by atoms with van der Waals surface area (Å²) in [4.78, 5) is 18.2. The Hall–Kier alpha value is -2.72. The third-order valence-corrected chi connectivity index (χ3v) is 8.57. The van der Waals surface area contributed by atoms with Crippen LogP contribution in [0, 0.1) is 0 Å². The van der Waals surface area contributed by atoms with Crippen LogP contribution in [0.15, 0.2) is 72.1 Å². The Kier molecular flexibility index (Phi) is 7.99. The summed E-state index contributed by atoms with van der Waals surface area (Å²) in [6.07, 6.45) is 0. The van der Waals surface area contributed by atoms with Crippen molar-refractivity contribution < 1.29 is 17.9 Å². The minimum Gasteiger partial charge on any atom is -0.497 e. The number of piperazine rings is 1. The van der Waals surface area contributed by atoms with Gasteiger partial charge in [0.05, 0.1) is 26.0 Å². The number of anilines is 1. The molecule has 2 aromatic carbocycles. The SMILES string of the molecule is COc1ccc(N(Cc2cccs2)C(=O)CN2CCN(S(=O)(=O)Cc3ccccc3)CC2)cc1. The maximum absolute atomic E-state index is 13.3. The van der Waals surface area contributed by atoms with Gasteiger partial charge in [0, 0.05) is 36.7 Å². The van der Waals surface area contributed by atoms with E-state index in [0.29, 0.717) is 32.7 Å². The highest BCUT2D eigenvalue weighted by molar-refractivity contribution is 7.88. The van der Waals surface area contributed by atoms with E-state index in [0.717, 1.165) is 21.9 Å². The van der Waals surface area contributed by atoms with Gasteiger partial charge in [0.15, 0.2) is 0 Å². The highest BCUT2D eigenvalue weighted by Crippen LogP contribution is 2.23. The van der Waals surface area contributed by atoms with Crippen LogP contribution in [0.3, 0.4) is 0 Å². The number of sulfonamides is 1. The van der Waals surface area contributed by atoms with Gasteiger partial charge in [-0.1, -0.05) is 36.4 Å². The fraction of sp³-hybridized carbons (Fsp3) is 0.320. The van der Waals surface area contributed by atoms with Crippen LogP contribution in [0.25, 0.3) is 0 Å². The second kappa shape index (κ2) is 11.1. The van der Waals surface area contributed by atoms with Gasteiger partial charge in [0.25, 0.3) is 0 Å². The molecule has 0 unspecified atom stereocenters. The van der Waals surface area contributed by atoms with Crippen molar-refractivity contribution >= 4 is 33.0 Å². The Morgan fingerprint density at radius 2 is 1.68 bits per heavy atom. The number of nitrogens with zero attached hydrogens (tertiary/aromatic N) is 3. The maximum Gasteiger partial charge on any atom is 0.241 e. The monoisotopic (exact) mass is 499 g/mol. The molecule has 2 heterocycles. The summed E-state index contributed by atoms with van der Waals surface area (Å²) in [5, 5.41) is 2.00. The molecule has 180 valence electrons. The number of hydrogen-bond donors (Lipinski definition) is 0. The highest BCUT2D eigenvalue weighted by atomic mass is 32.2. The van der Waals surface area contributed by atoms with Crippen molar-refractivity contribution in [3.63, 3.8) is 0 Å². The molecule has 1 saturated heterocycles. The maximum atomic E-state index is 13.3. The Morgan fingerprint density at radius 3 is 2.29 bits per heavy atom. The lowest BCUT2D eigenvalue weighted by Crippen LogP contribution is -2.51. The molecule has 4 rings (SSSR count). The molecule has 0 aliphatic carbocycles. The van der Waals surface area contributed by atoms with E-state index in [1.165, 1.54) is 4.31 Å². The number of amides is 1. The van der Waals surface area contributed by atoms with E-state index in [1.54, 1.807) is 23.3 Å². The van der Waals surface area contributed by atoms with Crippen molar-refractivity contribution in [1.29, 1.82) is 0 Å². The molecule has 0 saturated carbocycles. The average molecular weight is 500 g/mol. The Morgan fingerprint density at radius 1 is 0.971 bits per heavy atom. The molecular formula is C25H29N3O4S2. The van der Waals surface area contributed by atoms with Crippen LogP contribution in [0.1, 0.15) is 10.4 Å². The summed E-state index contributed by atoms with van der Waals surface area (Å²) in [6, 6.07) is 20.7. The summed E-state index contributed by atoms with van der Waals surface area (Å²) in [7, 11) is -1.77. The molecule has 34 heavy (non-hydrogen) atoms. The van der Waals surface area contributed by atoms with Gasteiger partial charge in [-0.2, -0.15) is 4.31 Å². The van der Waals surface area contributed by atoms with Crippen molar-refractivity contribution in [3.8, 4) is 5.75 Å². The van der Waals surface area contributed by atoms with Gasteiger partial charge in [-0.3, -0.25) is 9.69 Å². The topological polar surface area (TPSA) is 70.2 Å². The predicted octanol–water partition coefficient (Wildman–Crippen LogP) is 3.44. The zero-order chi connectivity index (χ0) is 24.0. The minimum atomic E-state index is -3.39. The van der Waals surface area contributed by atoms with Crippen molar-refractivity contribution in [2.45, 2.75) is 12.3 Å². The first-order valence-electron chi connectivity index (χ1n) is 11.2. The number of carbonyl (C=O) groups excluding carboxylic acids is 1. The second-order valence-corrected chi connectivity index (χ2v) is 11.2. The second-order valence-electron chi connectivity index (χ2n) is 8.17. The van der Waals surface area contributed by atoms with Crippen LogP contribution < -0.4 is 9.64 Å². The van der Waals surface area contributed by atoms with Crippen LogP contribution in [-0.2, 0) is 27.1 Å². The summed E-state index contributed by atoms with van der Waals surface area (Å²) in [5.74, 6) is 0.720. The third-order valence-electron chi connectivity index (χ3n) is 5.85. The first kappa shape index (κ1) is 24.4. The van der Waals surface area contributed by atoms with Gasteiger partial charge in [-0.15, -0.1) is 11.3 Å². The number of thiophene rings is 1. The number of carbonyl (C=O) groups is 1. The molecule has 9 heteroatoms. The number of ether oxygens (including phenoxy) is 1. The first-order valence-corrected chi connectivity index (χ1v) is 13.6. The van der Waals surface area contributed by atoms with E-state index in [9.17, 15) is 13.2 Å². The van der Waals surface area contributed by atoms with Crippen LogP contribution in [0.5, 0.6) is 5.75 Å². The van der Waals surface area contributed by atoms with E-state index < -0.39 is 10.0 Å². The van der Waals surface area contributed by atoms with Crippen molar-refractivity contribution in [2.24, 2.45) is 0 Å². The molecule has 1 aromatic heterocycles. The van der Waals surface area contributed by atoms with Gasteiger partial charge < -0.3 is 9.64 Å². The quantitative estimate of drug-likeness (QED) is 0.451. The third kappa shape index (κ3) is 6.24. The molecule has 1 aliphatic rings. The van der Waals surface area contributed by atoms with Gasteiger partial charge in [0.2, 0.25) is 15.9 Å². The fourth-order valence-electron chi connectivity index (χ4n) is 3.96. The Labute approximate surface area is 205 Å². The van der Waals surface area contributed by atoms with E-state index in [2.05, 4.69) is 0 Å². The van der Waals surface area contributed by atoms with E-state index in [4.69, 9.17) is 4.74 Å². The smallest absolute Gasteiger partial charge is 0.241 e. The van der Waals surface area contributed by atoms with Crippen LogP contribution in [-0.4, -0.2) is 63.4 Å². The molecule has 1 amide bonds. The minimum absolute atomic E-state index is 0.00116. The summed E-state index contributed by atoms with van der Waals surface area (Å²) >= 11 is 1.62. The zero-order valence-corrected chi connectivity index (χ0v) is 20.8. The summed E-state index contributed by atoms with van der Waals surface area (Å²) in [5.41, 5.74) is 1.59. The molecule has 0 atom stereocenters. The average Bonchev–Trinajstić information content (AvgIpc) is 3.37. The normalized spacial score (nSPS) is 15.2. The summed E-state index contributed by atoms with van der Waals surface area (Å²) in [6.45, 7) is 2.55. The molecule has 0 radical (unpaired) electrons. The molecule has 1 fully saturated rings. The van der Waals surface area contributed by atoms with Crippen molar-refractivity contribution in [1.82, 2.24) is 9.21 Å². The molecule has 7 nitrogen and oxygen atoms in total. The summed E-state index contributed by atoms with van der Waals surface area (Å²) < 4.78 is 32.4. The van der Waals surface area contributed by atoms with Crippen LogP contribution in [0.4, 0.5) is 5.69 Å². The van der Waals surface area contributed by atoms with Crippen LogP contribution in [0.2, 0.25) is 0 Å². The highest BCUT2D eigenvalue weighted by Gasteiger charge is 2.29. The molecular weight excluding hydrogens is 470 g/mol. The molecule has 3 aromatic rings. The van der Waals surface area contributed by atoms with E-state index in [1.807, 2.05) is 77.0 Å².